The van der Waals surface area contributed by atoms with E-state index in [0.29, 0.717) is 29.7 Å². The minimum absolute atomic E-state index is 0.00520. The Hall–Kier alpha value is -0.190. The molecule has 0 aliphatic heterocycles. The normalized spacial score (nSPS) is 40.1. The number of quaternary nitrogens is 1. The third-order valence-electron chi connectivity index (χ3n) is 15.3. The van der Waals surface area contributed by atoms with Gasteiger partial charge in [0.05, 0.1) is 46.4 Å². The van der Waals surface area contributed by atoms with Crippen molar-refractivity contribution in [1.82, 2.24) is 4.67 Å². The SMILES string of the molecule is CC(C)CCC[C@@H](C)[C@H]1CC[C@H]2[C@@H]3CC=C4C[C@@H](OP(=O)(O[C@@H]5C[C@H](C)CC[C@H]5C(C)C)N(C)CC[N+](C)(C)C)CC[C@]4(C)[C@H]3CC[C@]12C. The predicted molar refractivity (Wildman–Crippen MR) is 207 cm³/mol. The summed E-state index contributed by atoms with van der Waals surface area (Å²) in [4.78, 5) is 0. The highest BCUT2D eigenvalue weighted by Crippen LogP contribution is 2.68. The van der Waals surface area contributed by atoms with E-state index in [9.17, 15) is 0 Å². The molecule has 0 heterocycles. The first-order valence-corrected chi connectivity index (χ1v) is 22.5. The van der Waals surface area contributed by atoms with Gasteiger partial charge < -0.3 is 4.48 Å². The van der Waals surface area contributed by atoms with Crippen LogP contribution in [0.2, 0.25) is 0 Å². The van der Waals surface area contributed by atoms with Gasteiger partial charge in [-0.05, 0) is 135 Å². The van der Waals surface area contributed by atoms with Crippen LogP contribution in [0.25, 0.3) is 0 Å². The molecule has 284 valence electrons. The third-order valence-corrected chi connectivity index (χ3v) is 17.4. The molecule has 5 nitrogen and oxygen atoms in total. The van der Waals surface area contributed by atoms with Gasteiger partial charge in [-0.3, -0.25) is 9.05 Å². The smallest absolute Gasteiger partial charge is 0.330 e. The maximum atomic E-state index is 15.1. The number of hydrogen-bond donors (Lipinski definition) is 0. The number of hydrogen-bond acceptors (Lipinski definition) is 3. The Morgan fingerprint density at radius 2 is 1.67 bits per heavy atom. The first-order valence-electron chi connectivity index (χ1n) is 21.0. The monoisotopic (exact) mass is 704 g/mol. The van der Waals surface area contributed by atoms with Gasteiger partial charge in [-0.15, -0.1) is 0 Å². The Morgan fingerprint density at radius 3 is 2.35 bits per heavy atom. The first kappa shape index (κ1) is 40.0. The summed E-state index contributed by atoms with van der Waals surface area (Å²) < 4.78 is 31.6. The van der Waals surface area contributed by atoms with Crippen LogP contribution in [0.1, 0.15) is 145 Å². The molecule has 0 N–H and O–H groups in total. The minimum atomic E-state index is -3.49. The zero-order valence-electron chi connectivity index (χ0n) is 34.3. The van der Waals surface area contributed by atoms with Gasteiger partial charge in [-0.1, -0.05) is 92.7 Å². The van der Waals surface area contributed by atoms with E-state index in [1.807, 2.05) is 11.7 Å². The Kier molecular flexibility index (Phi) is 12.8. The van der Waals surface area contributed by atoms with Crippen LogP contribution >= 0.6 is 7.75 Å². The summed E-state index contributed by atoms with van der Waals surface area (Å²) in [7, 11) is 5.11. The second kappa shape index (κ2) is 15.7. The van der Waals surface area contributed by atoms with Crippen LogP contribution in [0.15, 0.2) is 11.6 Å². The number of nitrogens with zero attached hydrogens (tertiary/aromatic N) is 2. The molecule has 0 aromatic rings. The van der Waals surface area contributed by atoms with Gasteiger partial charge in [0.2, 0.25) is 0 Å². The molecule has 49 heavy (non-hydrogen) atoms. The zero-order valence-corrected chi connectivity index (χ0v) is 35.2. The summed E-state index contributed by atoms with van der Waals surface area (Å²) in [5.41, 5.74) is 2.38. The second-order valence-electron chi connectivity index (χ2n) is 20.6. The molecule has 0 radical (unpaired) electrons. The number of rotatable bonds is 14. The summed E-state index contributed by atoms with van der Waals surface area (Å²) in [6.07, 6.45) is 20.2. The molecule has 4 fully saturated rings. The second-order valence-corrected chi connectivity index (χ2v) is 22.6. The van der Waals surface area contributed by atoms with E-state index in [-0.39, 0.29) is 17.6 Å². The molecule has 5 rings (SSSR count). The van der Waals surface area contributed by atoms with Crippen molar-refractivity contribution in [2.45, 2.75) is 157 Å². The lowest BCUT2D eigenvalue weighted by Gasteiger charge is -2.58. The summed E-state index contributed by atoms with van der Waals surface area (Å²) in [6, 6.07) is 0. The van der Waals surface area contributed by atoms with Crippen LogP contribution in [-0.2, 0) is 13.6 Å². The molecular weight excluding hydrogens is 623 g/mol. The van der Waals surface area contributed by atoms with Crippen molar-refractivity contribution in [3.8, 4) is 0 Å². The van der Waals surface area contributed by atoms with Gasteiger partial charge in [0.25, 0.3) is 0 Å². The van der Waals surface area contributed by atoms with Crippen LogP contribution in [0.5, 0.6) is 0 Å². The zero-order chi connectivity index (χ0) is 35.9. The largest absolute Gasteiger partial charge is 0.408 e. The minimum Gasteiger partial charge on any atom is -0.330 e. The standard InChI is InChI=1S/C43H80N2O3P/c1-30(2)14-13-15-33(6)38-20-21-39-37-19-17-34-29-35(22-24-42(34,7)40(37)23-25-43(38,39)8)47-49(46,44(9)26-27-45(10,11)12)48-41-28-32(5)16-18-36(41)31(3)4/h17,30-33,35-41H,13-16,18-29H2,1-12H3/q+1/t32-,33-,35+,36+,37+,38-,39+,40+,41-,42+,43-,49?/m1/s1. The van der Waals surface area contributed by atoms with Gasteiger partial charge in [0.15, 0.2) is 0 Å². The van der Waals surface area contributed by atoms with E-state index in [4.69, 9.17) is 9.05 Å². The van der Waals surface area contributed by atoms with Gasteiger partial charge in [0, 0.05) is 0 Å². The van der Waals surface area contributed by atoms with E-state index in [1.165, 1.54) is 57.8 Å². The van der Waals surface area contributed by atoms with Crippen molar-refractivity contribution in [1.29, 1.82) is 0 Å². The summed E-state index contributed by atoms with van der Waals surface area (Å²) in [6.45, 7) is 21.2. The fourth-order valence-electron chi connectivity index (χ4n) is 12.1. The molecule has 0 saturated heterocycles. The van der Waals surface area contributed by atoms with Crippen LogP contribution in [-0.4, -0.2) is 62.6 Å². The van der Waals surface area contributed by atoms with Crippen molar-refractivity contribution >= 4 is 7.75 Å². The molecule has 12 atom stereocenters. The molecule has 0 bridgehead atoms. The van der Waals surface area contributed by atoms with E-state index < -0.39 is 7.75 Å². The molecule has 0 spiro atoms. The Bertz CT molecular complexity index is 1180. The van der Waals surface area contributed by atoms with Crippen molar-refractivity contribution in [2.75, 3.05) is 41.3 Å². The molecule has 1 unspecified atom stereocenters. The number of fused-ring (bicyclic) bond motifs is 5. The maximum Gasteiger partial charge on any atom is 0.408 e. The van der Waals surface area contributed by atoms with Crippen LogP contribution in [0.4, 0.5) is 0 Å². The van der Waals surface area contributed by atoms with E-state index in [1.54, 1.807) is 5.57 Å². The van der Waals surface area contributed by atoms with Crippen molar-refractivity contribution in [3.05, 3.63) is 11.6 Å². The molecule has 4 saturated carbocycles. The van der Waals surface area contributed by atoms with Crippen molar-refractivity contribution < 1.29 is 18.1 Å². The average Bonchev–Trinajstić information content (AvgIpc) is 3.36. The quantitative estimate of drug-likeness (QED) is 0.103. The van der Waals surface area contributed by atoms with E-state index >= 15 is 4.57 Å². The maximum absolute atomic E-state index is 15.1. The molecule has 0 aromatic heterocycles. The summed E-state index contributed by atoms with van der Waals surface area (Å²) in [5.74, 6) is 6.62. The van der Waals surface area contributed by atoms with Crippen LogP contribution < -0.4 is 0 Å². The van der Waals surface area contributed by atoms with E-state index in [2.05, 4.69) is 82.6 Å². The molecule has 6 heteroatoms. The highest BCUT2D eigenvalue weighted by atomic mass is 31.2. The molecule has 5 aliphatic rings. The Balaban J connectivity index is 1.30. The lowest BCUT2D eigenvalue weighted by atomic mass is 9.47. The Labute approximate surface area is 304 Å². The number of likely N-dealkylation sites (N-methyl/N-ethyl adjacent to an activating group) is 2. The van der Waals surface area contributed by atoms with Gasteiger partial charge in [0.1, 0.15) is 0 Å². The third kappa shape index (κ3) is 8.79. The highest BCUT2D eigenvalue weighted by Gasteiger charge is 2.59. The summed E-state index contributed by atoms with van der Waals surface area (Å²) in [5, 5.41) is 0. The molecule has 5 aliphatic carbocycles. The van der Waals surface area contributed by atoms with Gasteiger partial charge >= 0.3 is 7.75 Å². The lowest BCUT2D eigenvalue weighted by Crippen LogP contribution is -2.51. The fraction of sp³-hybridized carbons (Fsp3) is 0.953. The first-order chi connectivity index (χ1) is 22.9. The van der Waals surface area contributed by atoms with Crippen LogP contribution in [0.3, 0.4) is 0 Å². The van der Waals surface area contributed by atoms with Crippen LogP contribution in [0, 0.1) is 64.1 Å². The predicted octanol–water partition coefficient (Wildman–Crippen LogP) is 11.6. The van der Waals surface area contributed by atoms with Crippen molar-refractivity contribution in [3.63, 3.8) is 0 Å². The van der Waals surface area contributed by atoms with E-state index in [0.717, 1.165) is 78.6 Å². The number of allylic oxidation sites excluding steroid dienone is 1. The van der Waals surface area contributed by atoms with Crippen molar-refractivity contribution in [2.24, 2.45) is 64.1 Å². The average molecular weight is 704 g/mol. The van der Waals surface area contributed by atoms with Gasteiger partial charge in [-0.2, -0.15) is 0 Å². The highest BCUT2D eigenvalue weighted by molar-refractivity contribution is 7.51. The fourth-order valence-corrected chi connectivity index (χ4v) is 13.9. The molecule has 0 aromatic carbocycles. The Morgan fingerprint density at radius 1 is 0.939 bits per heavy atom. The summed E-state index contributed by atoms with van der Waals surface area (Å²) >= 11 is 0. The molecule has 0 amide bonds. The topological polar surface area (TPSA) is 38.8 Å². The molecular formula is C43H80N2O3P+. The lowest BCUT2D eigenvalue weighted by molar-refractivity contribution is -0.869. The van der Waals surface area contributed by atoms with Gasteiger partial charge in [-0.25, -0.2) is 9.24 Å².